The molecule has 1 fully saturated rings. The molecule has 0 saturated carbocycles. The van der Waals surface area contributed by atoms with Crippen LogP contribution in [-0.2, 0) is 93.1 Å². The quantitative estimate of drug-likeness (QED) is 0.0623. The van der Waals surface area contributed by atoms with Crippen LogP contribution in [0.15, 0.2) is 97.3 Å². The number of H-pyrrole nitrogens is 1. The van der Waals surface area contributed by atoms with E-state index in [1.165, 1.54) is 98.3 Å². The average molecular weight is 1580 g/mol. The summed E-state index contributed by atoms with van der Waals surface area (Å²) < 4.78 is 0. The molecule has 2 aliphatic heterocycles. The highest BCUT2D eigenvalue weighted by Crippen LogP contribution is 2.26. The molecule has 14 atom stereocenters. The van der Waals surface area contributed by atoms with Crippen LogP contribution in [0.3, 0.4) is 0 Å². The number of aromatic amines is 1. The van der Waals surface area contributed by atoms with Gasteiger partial charge in [-0.25, -0.2) is 4.98 Å². The fourth-order valence-electron chi connectivity index (χ4n) is 12.7. The number of hydrogen-bond acceptors (Lipinski definition) is 21. The van der Waals surface area contributed by atoms with E-state index in [2.05, 4.69) is 63.1 Å². The summed E-state index contributed by atoms with van der Waals surface area (Å²) >= 11 is 2.68. The van der Waals surface area contributed by atoms with Crippen LogP contribution in [0.25, 0.3) is 11.0 Å². The minimum absolute atomic E-state index is 0.0309. The number of fused-ring (bicyclic) bond motifs is 4. The number of nitrogens with two attached hydrogens (primary N) is 2. The fourth-order valence-corrected chi connectivity index (χ4v) is 14.6. The Kier molecular flexibility index (Phi) is 32.9. The Morgan fingerprint density at radius 1 is 0.586 bits per heavy atom. The van der Waals surface area contributed by atoms with E-state index >= 15 is 4.79 Å². The van der Waals surface area contributed by atoms with Gasteiger partial charge in [-0.2, -0.15) is 23.5 Å². The third-order valence-electron chi connectivity index (χ3n) is 18.7. The number of aliphatic carboxylic acids is 1. The molecule has 5 aromatic rings. The van der Waals surface area contributed by atoms with Gasteiger partial charge < -0.3 is 100 Å². The topological polar surface area (TPSA) is 527 Å². The highest BCUT2D eigenvalue weighted by Gasteiger charge is 2.45. The molecule has 111 heavy (non-hydrogen) atoms. The summed E-state index contributed by atoms with van der Waals surface area (Å²) in [7, 11) is 0. The molecule has 12 amide bonds. The number of thioether (sulfide) groups is 2. The summed E-state index contributed by atoms with van der Waals surface area (Å²) in [6.45, 7) is 10.7. The number of aliphatic hydroxyl groups is 2. The number of aromatic hydroxyl groups is 2. The summed E-state index contributed by atoms with van der Waals surface area (Å²) in [6, 6.07) is 4.23. The minimum Gasteiger partial charge on any atom is -0.508 e. The van der Waals surface area contributed by atoms with Gasteiger partial charge in [-0.15, -0.1) is 0 Å². The van der Waals surface area contributed by atoms with Crippen molar-refractivity contribution in [2.24, 2.45) is 16.9 Å². The van der Waals surface area contributed by atoms with Gasteiger partial charge in [0.2, 0.25) is 70.9 Å². The zero-order valence-corrected chi connectivity index (χ0v) is 64.7. The molecule has 0 radical (unpaired) electrons. The molecule has 33 nitrogen and oxygen atoms in total. The van der Waals surface area contributed by atoms with Gasteiger partial charge in [0.05, 0.1) is 12.2 Å². The third-order valence-corrected chi connectivity index (χ3v) is 20.9. The summed E-state index contributed by atoms with van der Waals surface area (Å²) in [6.07, 6.45) is -2.39. The van der Waals surface area contributed by atoms with E-state index in [9.17, 15) is 83.1 Å². The fraction of sp³-hybridized carbons (Fsp3) is 0.500. The predicted octanol–water partition coefficient (Wildman–Crippen LogP) is 0.106. The molecule has 4 heterocycles. The molecule has 0 aliphatic carbocycles. The van der Waals surface area contributed by atoms with E-state index in [1.807, 2.05) is 24.3 Å². The van der Waals surface area contributed by atoms with E-state index in [1.54, 1.807) is 46.8 Å². The molecular formula is C76H103N15O18S2. The van der Waals surface area contributed by atoms with Crippen LogP contribution in [0, 0.1) is 5.41 Å². The maximum Gasteiger partial charge on any atom is 0.303 e. The number of phenols is 2. The van der Waals surface area contributed by atoms with Crippen molar-refractivity contribution in [1.29, 1.82) is 0 Å². The van der Waals surface area contributed by atoms with Crippen molar-refractivity contribution in [3.05, 3.63) is 125 Å². The van der Waals surface area contributed by atoms with Gasteiger partial charge in [-0.3, -0.25) is 62.3 Å². The van der Waals surface area contributed by atoms with Crippen molar-refractivity contribution in [1.82, 2.24) is 68.0 Å². The first-order valence-corrected chi connectivity index (χ1v) is 39.1. The van der Waals surface area contributed by atoms with E-state index < -0.39 is 180 Å². The number of aliphatic hydroxyl groups excluding tert-OH is 2. The van der Waals surface area contributed by atoms with Gasteiger partial charge in [0.1, 0.15) is 83.6 Å². The van der Waals surface area contributed by atoms with E-state index in [0.29, 0.717) is 45.0 Å². The van der Waals surface area contributed by atoms with E-state index in [0.717, 1.165) is 16.0 Å². The van der Waals surface area contributed by atoms with Gasteiger partial charge in [0.25, 0.3) is 0 Å². The second kappa shape index (κ2) is 41.6. The van der Waals surface area contributed by atoms with Crippen molar-refractivity contribution in [3.63, 3.8) is 0 Å². The van der Waals surface area contributed by atoms with Crippen molar-refractivity contribution < 1.29 is 87.9 Å². The number of primary amides is 1. The maximum atomic E-state index is 15.2. The zero-order chi connectivity index (χ0) is 81.4. The molecule has 1 saturated heterocycles. The number of carbonyl (C=O) groups is 13. The summed E-state index contributed by atoms with van der Waals surface area (Å²) in [4.78, 5) is 194. The highest BCUT2D eigenvalue weighted by molar-refractivity contribution is 7.98. The number of phenolic OH excluding ortho intramolecular Hbond substituents is 2. The summed E-state index contributed by atoms with van der Waals surface area (Å²) in [5.74, 6) is -11.7. The Hall–Kier alpha value is -10.4. The van der Waals surface area contributed by atoms with Gasteiger partial charge in [0.15, 0.2) is 0 Å². The van der Waals surface area contributed by atoms with Crippen LogP contribution in [0.5, 0.6) is 11.5 Å². The van der Waals surface area contributed by atoms with Gasteiger partial charge >= 0.3 is 5.97 Å². The lowest BCUT2D eigenvalue weighted by atomic mass is 9.85. The zero-order valence-electron chi connectivity index (χ0n) is 63.0. The Morgan fingerprint density at radius 3 is 1.61 bits per heavy atom. The number of rotatable bonds is 16. The maximum absolute atomic E-state index is 15.2. The number of benzene rings is 3. The molecular weight excluding hydrogens is 1480 g/mol. The van der Waals surface area contributed by atoms with Crippen LogP contribution < -0.4 is 64.6 Å². The first-order valence-electron chi connectivity index (χ1n) is 36.8. The first kappa shape index (κ1) is 87.9. The van der Waals surface area contributed by atoms with Crippen molar-refractivity contribution >= 4 is 111 Å². The smallest absolute Gasteiger partial charge is 0.303 e. The number of pyridine rings is 1. The minimum atomic E-state index is -1.86. The molecule has 3 aromatic carbocycles. The lowest BCUT2D eigenvalue weighted by Gasteiger charge is -2.34. The van der Waals surface area contributed by atoms with Gasteiger partial charge in [0, 0.05) is 85.5 Å². The molecule has 2 aromatic heterocycles. The lowest BCUT2D eigenvalue weighted by molar-refractivity contribution is -0.143. The average Bonchev–Trinajstić information content (AvgIpc) is 0.911. The lowest BCUT2D eigenvalue weighted by Crippen LogP contribution is -2.62. The number of carbonyl (C=O) groups excluding carboxylic acids is 12. The number of carboxylic acids is 1. The monoisotopic (exact) mass is 1580 g/mol. The molecule has 2 bridgehead atoms. The van der Waals surface area contributed by atoms with Crippen molar-refractivity contribution in [2.75, 3.05) is 18.1 Å². The SMILES string of the molecule is CCC[C@@H]1NC(=O)[C@H](Cc2c[nH]c3ncccc23)NC(=O)[C@H]([C@@H](C)O)NC(=O)[C@@H]2C[C@@H](N)CN2C(=O)[C@H](Cc2ccc(O)cc2)NC(=O)[C@H](C(C)(C)C)NC(=O)CCSCc2cccc(c2)CSC[C@@H](C(N)=O)NC(=O)[C@H]([C@@H](C)O)NC(=O)[C@H](CCC)NC(=O)[C@H](Cc2ccc(O)cc2)NC(=O)[C@H](CCC(=O)O)NC1=O. The highest BCUT2D eigenvalue weighted by atomic mass is 32.2. The number of nitrogens with zero attached hydrogens (tertiary/aromatic N) is 2. The number of aromatic nitrogens is 2. The van der Waals surface area contributed by atoms with Crippen LogP contribution in [0.2, 0.25) is 0 Å². The van der Waals surface area contributed by atoms with Crippen LogP contribution in [-0.4, -0.2) is 220 Å². The van der Waals surface area contributed by atoms with Gasteiger partial charge in [-0.05, 0) is 109 Å². The Labute approximate surface area is 651 Å². The largest absolute Gasteiger partial charge is 0.508 e. The van der Waals surface area contributed by atoms with E-state index in [4.69, 9.17) is 11.5 Å². The molecule has 602 valence electrons. The van der Waals surface area contributed by atoms with Crippen molar-refractivity contribution in [2.45, 2.75) is 215 Å². The number of amides is 12. The molecule has 20 N–H and O–H groups in total. The predicted molar refractivity (Wildman–Crippen MR) is 413 cm³/mol. The molecule has 35 heteroatoms. The Bertz CT molecular complexity index is 4100. The second-order valence-corrected chi connectivity index (χ2v) is 31.1. The summed E-state index contributed by atoms with van der Waals surface area (Å²) in [5, 5.41) is 79.3. The first-order chi connectivity index (χ1) is 52.6. The summed E-state index contributed by atoms with van der Waals surface area (Å²) in [5.41, 5.74) is 14.7. The number of nitrogens with one attached hydrogen (secondary N) is 11. The van der Waals surface area contributed by atoms with Crippen molar-refractivity contribution in [3.8, 4) is 11.5 Å². The second-order valence-electron chi connectivity index (χ2n) is 29.0. The number of hydrogen-bond donors (Lipinski definition) is 18. The normalized spacial score (nSPS) is 25.0. The number of carboxylic acid groups (broad SMARTS) is 1. The molecule has 0 unspecified atom stereocenters. The molecule has 0 spiro atoms. The Morgan fingerprint density at radius 2 is 1.07 bits per heavy atom. The van der Waals surface area contributed by atoms with Crippen LogP contribution in [0.4, 0.5) is 0 Å². The molecule has 7 rings (SSSR count). The van der Waals surface area contributed by atoms with E-state index in [-0.39, 0.29) is 81.6 Å². The van der Waals surface area contributed by atoms with Crippen LogP contribution in [0.1, 0.15) is 128 Å². The molecule has 2 aliphatic rings. The Balaban J connectivity index is 1.24. The third kappa shape index (κ3) is 26.4. The van der Waals surface area contributed by atoms with Crippen LogP contribution >= 0.6 is 23.5 Å². The van der Waals surface area contributed by atoms with Gasteiger partial charge in [-0.1, -0.05) is 96.0 Å². The standard InChI is InChI=1S/C76H103N15O18S2/c1-8-12-51-66(100)83-53(25-26-60(97)98)67(101)84-54(31-42-17-21-48(94)22-18-42)69(103)82-52(13-9-2)68(102)89-61(40(3)92)73(107)87-57(64(78)99)39-111-38-45-15-10-14-44(30-45)37-110-29-27-59(96)88-63(76(5,6)7)74(108)86-56(32-43-19-23-49(95)24-20-43)75(109)91-36-47(77)34-58(91)71(105)90-62(41(4)93)72(106)85-55(70(104)81-51)33-46-35-80-65-50(46)16-11-28-79-65/h10-11,14-24,28,30,35,40-41,47,51-58,61-63,92-95H,8-9,12-13,25-27,29,31-34,36-39,77H2,1-7H3,(H2,78,99)(H,79,80)(H,81,104)(H,82,103)(H,83,100)(H,84,101)(H,85,106)(H,86,108)(H,87,107)(H,88,96)(H,89,102)(H,90,105)(H,97,98)/t40-,41-,47-,51+,52+,53+,54+,55+,56+,57+,58+,61+,62+,63-/m1/s1.